The number of aromatic nitrogens is 3. The van der Waals surface area contributed by atoms with Crippen molar-refractivity contribution in [2.75, 3.05) is 5.32 Å². The van der Waals surface area contributed by atoms with E-state index < -0.39 is 23.3 Å². The Balaban J connectivity index is 1.74. The second kappa shape index (κ2) is 8.85. The monoisotopic (exact) mass is 427 g/mol. The highest BCUT2D eigenvalue weighted by molar-refractivity contribution is 6.45. The van der Waals surface area contributed by atoms with Crippen LogP contribution >= 0.6 is 0 Å². The van der Waals surface area contributed by atoms with Crippen molar-refractivity contribution in [2.24, 2.45) is 0 Å². The molecule has 0 aliphatic carbocycles. The lowest BCUT2D eigenvalue weighted by molar-refractivity contribution is 0.0636. The summed E-state index contributed by atoms with van der Waals surface area (Å²) in [4.78, 5) is 16.1. The molecule has 7 nitrogen and oxygen atoms in total. The standard InChI is InChI=1S/C21H22BF2N4O3/c1-12-16(15-7-8-17(22-30)19(24)18(15)23)11-28(27-12)10-14-6-5-13(9-25-14)26-20(29)31-21(2,3)4/h5-9,11,30H,10H2,1-4H3,(H,26,29). The molecule has 0 aliphatic rings. The number of nitrogens with zero attached hydrogens (tertiary/aromatic N) is 3. The Labute approximate surface area is 179 Å². The van der Waals surface area contributed by atoms with Gasteiger partial charge < -0.3 is 9.76 Å². The number of anilines is 1. The lowest BCUT2D eigenvalue weighted by Gasteiger charge is -2.19. The summed E-state index contributed by atoms with van der Waals surface area (Å²) in [5.74, 6) is -2.18. The van der Waals surface area contributed by atoms with E-state index >= 15 is 0 Å². The quantitative estimate of drug-likeness (QED) is 0.611. The molecule has 0 spiro atoms. The summed E-state index contributed by atoms with van der Waals surface area (Å²) in [6.07, 6.45) is 2.52. The molecule has 0 atom stereocenters. The Kier molecular flexibility index (Phi) is 6.40. The number of aryl methyl sites for hydroxylation is 1. The van der Waals surface area contributed by atoms with Crippen molar-refractivity contribution in [1.29, 1.82) is 0 Å². The average Bonchev–Trinajstić information content (AvgIpc) is 3.04. The molecule has 161 valence electrons. The van der Waals surface area contributed by atoms with Gasteiger partial charge in [-0.2, -0.15) is 5.10 Å². The molecule has 0 saturated heterocycles. The highest BCUT2D eigenvalue weighted by Gasteiger charge is 2.19. The largest absolute Gasteiger partial charge is 0.450 e. The summed E-state index contributed by atoms with van der Waals surface area (Å²) >= 11 is 0. The van der Waals surface area contributed by atoms with Crippen molar-refractivity contribution in [2.45, 2.75) is 39.8 Å². The molecule has 0 unspecified atom stereocenters. The fourth-order valence-corrected chi connectivity index (χ4v) is 2.91. The number of hydrogen-bond acceptors (Lipinski definition) is 5. The fourth-order valence-electron chi connectivity index (χ4n) is 2.91. The summed E-state index contributed by atoms with van der Waals surface area (Å²) < 4.78 is 35.2. The average molecular weight is 427 g/mol. The molecule has 2 N–H and O–H groups in total. The topological polar surface area (TPSA) is 89.3 Å². The van der Waals surface area contributed by atoms with E-state index in [0.717, 1.165) is 0 Å². The van der Waals surface area contributed by atoms with Gasteiger partial charge in [0.25, 0.3) is 0 Å². The van der Waals surface area contributed by atoms with Crippen LogP contribution in [0.25, 0.3) is 11.1 Å². The zero-order valence-corrected chi connectivity index (χ0v) is 17.6. The zero-order chi connectivity index (χ0) is 22.8. The van der Waals surface area contributed by atoms with Crippen molar-refractivity contribution in [3.63, 3.8) is 0 Å². The van der Waals surface area contributed by atoms with Crippen LogP contribution in [-0.4, -0.2) is 39.0 Å². The number of nitrogens with one attached hydrogen (secondary N) is 1. The summed E-state index contributed by atoms with van der Waals surface area (Å²) in [6, 6.07) is 6.09. The molecule has 0 bridgehead atoms. The number of benzene rings is 1. The lowest BCUT2D eigenvalue weighted by atomic mass is 9.86. The minimum atomic E-state index is -1.12. The highest BCUT2D eigenvalue weighted by Crippen LogP contribution is 2.26. The van der Waals surface area contributed by atoms with E-state index in [0.29, 0.717) is 36.7 Å². The first-order valence-corrected chi connectivity index (χ1v) is 9.52. The maximum atomic E-state index is 14.4. The number of amides is 1. The predicted molar refractivity (Wildman–Crippen MR) is 113 cm³/mol. The van der Waals surface area contributed by atoms with Crippen molar-refractivity contribution in [1.82, 2.24) is 14.8 Å². The van der Waals surface area contributed by atoms with Gasteiger partial charge in [-0.1, -0.05) is 12.1 Å². The van der Waals surface area contributed by atoms with Crippen molar-refractivity contribution in [3.8, 4) is 11.1 Å². The summed E-state index contributed by atoms with van der Waals surface area (Å²) in [5, 5.41) is 15.9. The molecular weight excluding hydrogens is 405 g/mol. The van der Waals surface area contributed by atoms with Gasteiger partial charge in [0.15, 0.2) is 11.6 Å². The predicted octanol–water partition coefficient (Wildman–Crippen LogP) is 3.16. The van der Waals surface area contributed by atoms with Crippen molar-refractivity contribution in [3.05, 3.63) is 59.7 Å². The second-order valence-corrected chi connectivity index (χ2v) is 7.95. The highest BCUT2D eigenvalue weighted by atomic mass is 19.2. The minimum Gasteiger partial charge on any atom is -0.450 e. The number of carbonyl (C=O) groups excluding carboxylic acids is 1. The van der Waals surface area contributed by atoms with Gasteiger partial charge in [-0.25, -0.2) is 13.6 Å². The molecule has 2 heterocycles. The number of ether oxygens (including phenoxy) is 1. The van der Waals surface area contributed by atoms with E-state index in [4.69, 9.17) is 9.76 Å². The van der Waals surface area contributed by atoms with Crippen LogP contribution in [0.2, 0.25) is 0 Å². The number of halogens is 2. The molecule has 0 aliphatic heterocycles. The first kappa shape index (κ1) is 22.4. The summed E-state index contributed by atoms with van der Waals surface area (Å²) in [5.41, 5.74) is 1.31. The van der Waals surface area contributed by atoms with Gasteiger partial charge in [-0.05, 0) is 45.3 Å². The molecule has 3 aromatic rings. The molecule has 10 heteroatoms. The van der Waals surface area contributed by atoms with E-state index in [9.17, 15) is 13.6 Å². The zero-order valence-electron chi connectivity index (χ0n) is 17.6. The van der Waals surface area contributed by atoms with Crippen LogP contribution in [0.3, 0.4) is 0 Å². The van der Waals surface area contributed by atoms with Crippen molar-refractivity contribution < 1.29 is 23.3 Å². The Morgan fingerprint density at radius 2 is 1.94 bits per heavy atom. The maximum absolute atomic E-state index is 14.4. The first-order valence-electron chi connectivity index (χ1n) is 9.52. The van der Waals surface area contributed by atoms with E-state index in [-0.39, 0.29) is 11.0 Å². The molecule has 1 aromatic carbocycles. The third kappa shape index (κ3) is 5.46. The molecule has 1 amide bonds. The Morgan fingerprint density at radius 1 is 1.19 bits per heavy atom. The molecule has 3 rings (SSSR count). The van der Waals surface area contributed by atoms with E-state index in [1.54, 1.807) is 50.7 Å². The van der Waals surface area contributed by atoms with Gasteiger partial charge in [0, 0.05) is 17.3 Å². The first-order chi connectivity index (χ1) is 14.6. The van der Waals surface area contributed by atoms with E-state index in [1.165, 1.54) is 18.3 Å². The SMILES string of the molecule is Cc1nn(Cc2ccc(NC(=O)OC(C)(C)C)cn2)cc1-c1ccc([B]O)c(F)c1F. The minimum absolute atomic E-state index is 0.0525. The maximum Gasteiger partial charge on any atom is 0.412 e. The van der Waals surface area contributed by atoms with Crippen LogP contribution in [0.1, 0.15) is 32.2 Å². The van der Waals surface area contributed by atoms with Crippen LogP contribution in [0.5, 0.6) is 0 Å². The Bertz CT molecular complexity index is 1100. The van der Waals surface area contributed by atoms with Gasteiger partial charge in [0.1, 0.15) is 5.60 Å². The van der Waals surface area contributed by atoms with Gasteiger partial charge in [0.05, 0.1) is 29.8 Å². The van der Waals surface area contributed by atoms with Gasteiger partial charge >= 0.3 is 13.6 Å². The third-order valence-corrected chi connectivity index (χ3v) is 4.28. The molecule has 1 radical (unpaired) electrons. The number of hydrogen-bond donors (Lipinski definition) is 2. The number of pyridine rings is 1. The van der Waals surface area contributed by atoms with Gasteiger partial charge in [0.2, 0.25) is 0 Å². The van der Waals surface area contributed by atoms with Crippen LogP contribution in [0.4, 0.5) is 19.3 Å². The third-order valence-electron chi connectivity index (χ3n) is 4.28. The van der Waals surface area contributed by atoms with Crippen LogP contribution in [0.15, 0.2) is 36.7 Å². The molecule has 0 fully saturated rings. The summed E-state index contributed by atoms with van der Waals surface area (Å²) in [6.45, 7) is 7.30. The second-order valence-electron chi connectivity index (χ2n) is 7.95. The van der Waals surface area contributed by atoms with Gasteiger partial charge in [-0.15, -0.1) is 0 Å². The Hall–Kier alpha value is -3.27. The van der Waals surface area contributed by atoms with Crippen LogP contribution in [0, 0.1) is 18.6 Å². The van der Waals surface area contributed by atoms with Crippen molar-refractivity contribution >= 4 is 24.7 Å². The van der Waals surface area contributed by atoms with Crippen LogP contribution in [-0.2, 0) is 11.3 Å². The molecule has 2 aromatic heterocycles. The summed E-state index contributed by atoms with van der Waals surface area (Å²) in [7, 11) is 0.519. The van der Waals surface area contributed by atoms with Crippen LogP contribution < -0.4 is 10.8 Å². The smallest absolute Gasteiger partial charge is 0.412 e. The van der Waals surface area contributed by atoms with E-state index in [1.807, 2.05) is 0 Å². The van der Waals surface area contributed by atoms with E-state index in [2.05, 4.69) is 15.4 Å². The van der Waals surface area contributed by atoms with Gasteiger partial charge in [-0.3, -0.25) is 15.0 Å². The normalized spacial score (nSPS) is 11.3. The number of carbonyl (C=O) groups is 1. The number of rotatable bonds is 5. The molecular formula is C21H22BF2N4O3. The molecule has 31 heavy (non-hydrogen) atoms. The Morgan fingerprint density at radius 3 is 2.55 bits per heavy atom. The molecule has 0 saturated carbocycles. The fraction of sp³-hybridized carbons (Fsp3) is 0.286. The lowest BCUT2D eigenvalue weighted by Crippen LogP contribution is -2.27.